The molecule has 1 rings (SSSR count). The highest BCUT2D eigenvalue weighted by atomic mass is 35.5. The predicted molar refractivity (Wildman–Crippen MR) is 76.5 cm³/mol. The lowest BCUT2D eigenvalue weighted by atomic mass is 10.2. The first-order valence-corrected chi connectivity index (χ1v) is 6.31. The third kappa shape index (κ3) is 5.76. The number of benzene rings is 1. The Morgan fingerprint density at radius 2 is 2.14 bits per heavy atom. The van der Waals surface area contributed by atoms with E-state index in [9.17, 15) is 19.7 Å². The smallest absolute Gasteiger partial charge is 0.304 e. The number of carbonyl (C=O) groups excluding carboxylic acids is 1. The van der Waals surface area contributed by atoms with Crippen LogP contribution in [-0.2, 0) is 9.59 Å². The van der Waals surface area contributed by atoms with Crippen LogP contribution >= 0.6 is 11.6 Å². The van der Waals surface area contributed by atoms with Crippen molar-refractivity contribution in [1.82, 2.24) is 4.90 Å². The van der Waals surface area contributed by atoms with E-state index in [0.29, 0.717) is 0 Å². The van der Waals surface area contributed by atoms with E-state index in [-0.39, 0.29) is 35.9 Å². The average Bonchev–Trinajstić information content (AvgIpc) is 2.38. The number of nitro groups is 1. The summed E-state index contributed by atoms with van der Waals surface area (Å²) in [5.74, 6) is -1.44. The molecule has 0 saturated heterocycles. The molecule has 8 nitrogen and oxygen atoms in total. The van der Waals surface area contributed by atoms with Crippen LogP contribution in [0, 0.1) is 10.1 Å². The minimum absolute atomic E-state index is 0.0426. The van der Waals surface area contributed by atoms with Crippen molar-refractivity contribution in [1.29, 1.82) is 0 Å². The number of anilines is 1. The summed E-state index contributed by atoms with van der Waals surface area (Å²) in [5, 5.41) is 22.0. The molecule has 0 unspecified atom stereocenters. The fourth-order valence-electron chi connectivity index (χ4n) is 1.56. The van der Waals surface area contributed by atoms with Crippen LogP contribution in [0.3, 0.4) is 0 Å². The van der Waals surface area contributed by atoms with Crippen LogP contribution in [0.2, 0.25) is 5.02 Å². The van der Waals surface area contributed by atoms with Crippen molar-refractivity contribution in [2.45, 2.75) is 6.42 Å². The van der Waals surface area contributed by atoms with Crippen molar-refractivity contribution in [2.24, 2.45) is 0 Å². The van der Waals surface area contributed by atoms with Crippen molar-refractivity contribution >= 4 is 34.9 Å². The molecule has 114 valence electrons. The quantitative estimate of drug-likeness (QED) is 0.583. The van der Waals surface area contributed by atoms with Gasteiger partial charge in [0.05, 0.1) is 17.9 Å². The molecular weight excluding hydrogens is 302 g/mol. The molecule has 2 N–H and O–H groups in total. The normalized spacial score (nSPS) is 10.4. The summed E-state index contributed by atoms with van der Waals surface area (Å²) in [4.78, 5) is 33.9. The maximum atomic E-state index is 11.8. The molecule has 0 aliphatic carbocycles. The van der Waals surface area contributed by atoms with Crippen LogP contribution in [0.25, 0.3) is 0 Å². The molecule has 1 aromatic carbocycles. The number of hydrogen-bond acceptors (Lipinski definition) is 5. The van der Waals surface area contributed by atoms with Gasteiger partial charge in [-0.3, -0.25) is 24.6 Å². The van der Waals surface area contributed by atoms with Gasteiger partial charge < -0.3 is 10.4 Å². The van der Waals surface area contributed by atoms with Crippen LogP contribution in [0.5, 0.6) is 0 Å². The number of nitrogens with one attached hydrogen (secondary N) is 1. The zero-order valence-corrected chi connectivity index (χ0v) is 12.0. The van der Waals surface area contributed by atoms with Gasteiger partial charge in [0.25, 0.3) is 5.69 Å². The number of halogens is 1. The number of carboxylic acids is 1. The summed E-state index contributed by atoms with van der Waals surface area (Å²) >= 11 is 5.67. The van der Waals surface area contributed by atoms with E-state index in [0.717, 1.165) is 6.07 Å². The molecule has 21 heavy (non-hydrogen) atoms. The van der Waals surface area contributed by atoms with Gasteiger partial charge in [0.2, 0.25) is 5.91 Å². The number of aliphatic carboxylic acids is 1. The standard InChI is InChI=1S/C12H14ClN3O5/c1-15(5-4-12(18)19)7-11(17)14-9-3-2-8(13)6-10(9)16(20)21/h2-3,6H,4-5,7H2,1H3,(H,14,17)(H,18,19). The first-order valence-electron chi connectivity index (χ1n) is 5.93. The van der Waals surface area contributed by atoms with Gasteiger partial charge in [0.15, 0.2) is 0 Å². The molecule has 0 atom stereocenters. The molecule has 0 aliphatic heterocycles. The second-order valence-electron chi connectivity index (χ2n) is 4.35. The van der Waals surface area contributed by atoms with E-state index in [1.807, 2.05) is 0 Å². The van der Waals surface area contributed by atoms with E-state index in [1.165, 1.54) is 17.0 Å². The largest absolute Gasteiger partial charge is 0.481 e. The second-order valence-corrected chi connectivity index (χ2v) is 4.78. The number of hydrogen-bond donors (Lipinski definition) is 2. The Hall–Kier alpha value is -2.19. The Balaban J connectivity index is 2.66. The van der Waals surface area contributed by atoms with Gasteiger partial charge in [0, 0.05) is 17.6 Å². The van der Waals surface area contributed by atoms with Gasteiger partial charge in [-0.2, -0.15) is 0 Å². The topological polar surface area (TPSA) is 113 Å². The van der Waals surface area contributed by atoms with E-state index in [2.05, 4.69) is 5.32 Å². The van der Waals surface area contributed by atoms with Crippen molar-refractivity contribution in [2.75, 3.05) is 25.5 Å². The third-order valence-electron chi connectivity index (χ3n) is 2.55. The highest BCUT2D eigenvalue weighted by molar-refractivity contribution is 6.31. The first kappa shape index (κ1) is 16.9. The molecule has 0 bridgehead atoms. The van der Waals surface area contributed by atoms with Crippen molar-refractivity contribution in [3.8, 4) is 0 Å². The number of nitrogens with zero attached hydrogens (tertiary/aromatic N) is 2. The number of amides is 1. The van der Waals surface area contributed by atoms with E-state index < -0.39 is 16.8 Å². The Morgan fingerprint density at radius 1 is 1.48 bits per heavy atom. The fourth-order valence-corrected chi connectivity index (χ4v) is 1.73. The number of nitro benzene ring substituents is 1. The molecule has 1 amide bonds. The number of carbonyl (C=O) groups is 2. The molecule has 9 heteroatoms. The maximum absolute atomic E-state index is 11.8. The van der Waals surface area contributed by atoms with Crippen LogP contribution in [0.1, 0.15) is 6.42 Å². The van der Waals surface area contributed by atoms with Crippen molar-refractivity contribution in [3.63, 3.8) is 0 Å². The zero-order valence-electron chi connectivity index (χ0n) is 11.2. The van der Waals surface area contributed by atoms with Gasteiger partial charge >= 0.3 is 5.97 Å². The molecule has 0 aromatic heterocycles. The van der Waals surface area contributed by atoms with Crippen molar-refractivity contribution < 1.29 is 19.6 Å². The van der Waals surface area contributed by atoms with Gasteiger partial charge in [-0.1, -0.05) is 11.6 Å². The van der Waals surface area contributed by atoms with E-state index >= 15 is 0 Å². The monoisotopic (exact) mass is 315 g/mol. The SMILES string of the molecule is CN(CCC(=O)O)CC(=O)Nc1ccc(Cl)cc1[N+](=O)[O-]. The summed E-state index contributed by atoms with van der Waals surface area (Å²) < 4.78 is 0. The lowest BCUT2D eigenvalue weighted by Crippen LogP contribution is -2.31. The highest BCUT2D eigenvalue weighted by Crippen LogP contribution is 2.27. The summed E-state index contributed by atoms with van der Waals surface area (Å²) in [7, 11) is 1.58. The van der Waals surface area contributed by atoms with Gasteiger partial charge in [-0.25, -0.2) is 0 Å². The second kappa shape index (κ2) is 7.55. The zero-order chi connectivity index (χ0) is 16.0. The van der Waals surface area contributed by atoms with Gasteiger partial charge in [0.1, 0.15) is 5.69 Å². The lowest BCUT2D eigenvalue weighted by Gasteiger charge is -2.15. The van der Waals surface area contributed by atoms with E-state index in [1.54, 1.807) is 7.05 Å². The van der Waals surface area contributed by atoms with Crippen molar-refractivity contribution in [3.05, 3.63) is 33.3 Å². The fraction of sp³-hybridized carbons (Fsp3) is 0.333. The molecule has 0 fully saturated rings. The third-order valence-corrected chi connectivity index (χ3v) is 2.79. The minimum atomic E-state index is -0.962. The Bertz CT molecular complexity index is 564. The first-order chi connectivity index (χ1) is 9.79. The minimum Gasteiger partial charge on any atom is -0.481 e. The van der Waals surface area contributed by atoms with Crippen LogP contribution in [-0.4, -0.2) is 46.9 Å². The Morgan fingerprint density at radius 3 is 2.71 bits per heavy atom. The average molecular weight is 316 g/mol. The summed E-state index contributed by atoms with van der Waals surface area (Å²) in [6.07, 6.45) is -0.0924. The molecule has 1 aromatic rings. The number of likely N-dealkylation sites (N-methyl/N-ethyl adjacent to an activating group) is 1. The van der Waals surface area contributed by atoms with Crippen LogP contribution in [0.15, 0.2) is 18.2 Å². The van der Waals surface area contributed by atoms with Crippen LogP contribution < -0.4 is 5.32 Å². The summed E-state index contributed by atoms with van der Waals surface area (Å²) in [6, 6.07) is 3.92. The van der Waals surface area contributed by atoms with Gasteiger partial charge in [-0.05, 0) is 19.2 Å². The number of carboxylic acid groups (broad SMARTS) is 1. The maximum Gasteiger partial charge on any atom is 0.304 e. The summed E-state index contributed by atoms with van der Waals surface area (Å²) in [5.41, 5.74) is -0.259. The molecule has 0 radical (unpaired) electrons. The molecule has 0 heterocycles. The van der Waals surface area contributed by atoms with Crippen LogP contribution in [0.4, 0.5) is 11.4 Å². The van der Waals surface area contributed by atoms with Gasteiger partial charge in [-0.15, -0.1) is 0 Å². The lowest BCUT2D eigenvalue weighted by molar-refractivity contribution is -0.383. The molecular formula is C12H14ClN3O5. The predicted octanol–water partition coefficient (Wildman–Crippen LogP) is 1.59. The number of rotatable bonds is 7. The molecule has 0 saturated carbocycles. The van der Waals surface area contributed by atoms with E-state index in [4.69, 9.17) is 16.7 Å². The Kier molecular flexibility index (Phi) is 6.07. The highest BCUT2D eigenvalue weighted by Gasteiger charge is 2.17. The summed E-state index contributed by atoms with van der Waals surface area (Å²) in [6.45, 7) is 0.124. The Labute approximate surface area is 125 Å². The molecule has 0 aliphatic rings. The molecule has 0 spiro atoms.